The molecule has 20 heavy (non-hydrogen) atoms. The summed E-state index contributed by atoms with van der Waals surface area (Å²) in [6.07, 6.45) is 5.48. The fraction of sp³-hybridized carbons (Fsp3) is 1.00. The molecule has 1 aliphatic carbocycles. The number of likely N-dealkylation sites (tertiary alicyclic amines) is 1. The summed E-state index contributed by atoms with van der Waals surface area (Å²) in [4.78, 5) is 2.79. The molecule has 4 atom stereocenters. The molecule has 2 nitrogen and oxygen atoms in total. The first-order valence-electron chi connectivity index (χ1n) is 8.77. The SMILES string of the molecule is CC(C)C1CCN(C2CC(C(C)(C)C)CCC2CN)C1. The lowest BCUT2D eigenvalue weighted by Crippen LogP contribution is -2.47. The zero-order chi connectivity index (χ0) is 14.9. The highest BCUT2D eigenvalue weighted by molar-refractivity contribution is 4.93. The van der Waals surface area contributed by atoms with Gasteiger partial charge in [0.1, 0.15) is 0 Å². The van der Waals surface area contributed by atoms with E-state index in [0.29, 0.717) is 5.41 Å². The normalized spacial score (nSPS) is 36.8. The molecule has 1 aliphatic heterocycles. The Morgan fingerprint density at radius 2 is 1.85 bits per heavy atom. The molecule has 0 aromatic carbocycles. The molecule has 2 N–H and O–H groups in total. The second kappa shape index (κ2) is 6.36. The van der Waals surface area contributed by atoms with Crippen molar-refractivity contribution in [3.8, 4) is 0 Å². The summed E-state index contributed by atoms with van der Waals surface area (Å²) < 4.78 is 0. The van der Waals surface area contributed by atoms with Gasteiger partial charge in [0, 0.05) is 12.6 Å². The van der Waals surface area contributed by atoms with Crippen LogP contribution in [-0.4, -0.2) is 30.6 Å². The first-order chi connectivity index (χ1) is 9.32. The van der Waals surface area contributed by atoms with Crippen LogP contribution in [0.3, 0.4) is 0 Å². The highest BCUT2D eigenvalue weighted by Crippen LogP contribution is 2.42. The van der Waals surface area contributed by atoms with Crippen molar-refractivity contribution >= 4 is 0 Å². The largest absolute Gasteiger partial charge is 0.330 e. The van der Waals surface area contributed by atoms with Gasteiger partial charge in [0.15, 0.2) is 0 Å². The van der Waals surface area contributed by atoms with Crippen LogP contribution in [0.2, 0.25) is 0 Å². The number of hydrogen-bond donors (Lipinski definition) is 1. The lowest BCUT2D eigenvalue weighted by molar-refractivity contribution is 0.0550. The maximum absolute atomic E-state index is 6.08. The smallest absolute Gasteiger partial charge is 0.0138 e. The van der Waals surface area contributed by atoms with Gasteiger partial charge in [-0.15, -0.1) is 0 Å². The molecule has 2 aliphatic rings. The summed E-state index contributed by atoms with van der Waals surface area (Å²) in [7, 11) is 0. The summed E-state index contributed by atoms with van der Waals surface area (Å²) >= 11 is 0. The van der Waals surface area contributed by atoms with Crippen LogP contribution >= 0.6 is 0 Å². The van der Waals surface area contributed by atoms with Crippen molar-refractivity contribution in [2.24, 2.45) is 34.8 Å². The minimum absolute atomic E-state index is 0.453. The van der Waals surface area contributed by atoms with Gasteiger partial charge < -0.3 is 5.73 Å². The van der Waals surface area contributed by atoms with Crippen LogP contribution in [0.1, 0.15) is 60.3 Å². The van der Waals surface area contributed by atoms with E-state index in [9.17, 15) is 0 Å². The second-order valence-corrected chi connectivity index (χ2v) is 8.73. The minimum Gasteiger partial charge on any atom is -0.330 e. The molecule has 118 valence electrons. The molecule has 1 saturated carbocycles. The summed E-state index contributed by atoms with van der Waals surface area (Å²) in [6.45, 7) is 15.5. The zero-order valence-electron chi connectivity index (χ0n) is 14.4. The Kier molecular flexibility index (Phi) is 5.18. The molecule has 1 heterocycles. The monoisotopic (exact) mass is 280 g/mol. The van der Waals surface area contributed by atoms with Gasteiger partial charge >= 0.3 is 0 Å². The van der Waals surface area contributed by atoms with Crippen molar-refractivity contribution in [3.05, 3.63) is 0 Å². The second-order valence-electron chi connectivity index (χ2n) is 8.73. The highest BCUT2D eigenvalue weighted by atomic mass is 15.2. The van der Waals surface area contributed by atoms with E-state index in [1.54, 1.807) is 0 Å². The van der Waals surface area contributed by atoms with Gasteiger partial charge in [0.05, 0.1) is 0 Å². The van der Waals surface area contributed by atoms with Crippen LogP contribution in [0, 0.1) is 29.1 Å². The maximum atomic E-state index is 6.08. The van der Waals surface area contributed by atoms with Gasteiger partial charge in [0.25, 0.3) is 0 Å². The summed E-state index contributed by atoms with van der Waals surface area (Å²) in [5, 5.41) is 0. The number of hydrogen-bond acceptors (Lipinski definition) is 2. The van der Waals surface area contributed by atoms with Crippen LogP contribution in [0.15, 0.2) is 0 Å². The third kappa shape index (κ3) is 3.57. The molecule has 4 unspecified atom stereocenters. The third-order valence-electron chi connectivity index (χ3n) is 6.15. The number of nitrogens with zero attached hydrogens (tertiary/aromatic N) is 1. The van der Waals surface area contributed by atoms with E-state index >= 15 is 0 Å². The maximum Gasteiger partial charge on any atom is 0.0138 e. The molecule has 2 fully saturated rings. The molecule has 0 amide bonds. The molecule has 1 saturated heterocycles. The van der Waals surface area contributed by atoms with E-state index in [-0.39, 0.29) is 0 Å². The van der Waals surface area contributed by atoms with E-state index in [4.69, 9.17) is 5.73 Å². The highest BCUT2D eigenvalue weighted by Gasteiger charge is 2.40. The van der Waals surface area contributed by atoms with Crippen molar-refractivity contribution in [2.75, 3.05) is 19.6 Å². The Labute approximate surface area is 126 Å². The van der Waals surface area contributed by atoms with E-state index < -0.39 is 0 Å². The van der Waals surface area contributed by atoms with Crippen LogP contribution in [-0.2, 0) is 0 Å². The number of nitrogens with two attached hydrogens (primary N) is 1. The quantitative estimate of drug-likeness (QED) is 0.853. The van der Waals surface area contributed by atoms with E-state index in [1.807, 2.05) is 0 Å². The molecule has 0 spiro atoms. The number of rotatable bonds is 3. The average molecular weight is 280 g/mol. The van der Waals surface area contributed by atoms with Crippen molar-refractivity contribution in [1.82, 2.24) is 4.90 Å². The van der Waals surface area contributed by atoms with Gasteiger partial charge in [0.2, 0.25) is 0 Å². The van der Waals surface area contributed by atoms with Crippen LogP contribution in [0.5, 0.6) is 0 Å². The minimum atomic E-state index is 0.453. The molecule has 0 bridgehead atoms. The third-order valence-corrected chi connectivity index (χ3v) is 6.15. The lowest BCUT2D eigenvalue weighted by Gasteiger charge is -2.45. The van der Waals surface area contributed by atoms with Crippen molar-refractivity contribution < 1.29 is 0 Å². The van der Waals surface area contributed by atoms with E-state index in [1.165, 1.54) is 38.8 Å². The molecular weight excluding hydrogens is 244 g/mol. The Balaban J connectivity index is 2.03. The zero-order valence-corrected chi connectivity index (χ0v) is 14.4. The predicted octanol–water partition coefficient (Wildman–Crippen LogP) is 3.75. The van der Waals surface area contributed by atoms with Crippen molar-refractivity contribution in [2.45, 2.75) is 66.3 Å². The first kappa shape index (κ1) is 16.3. The van der Waals surface area contributed by atoms with Gasteiger partial charge in [-0.2, -0.15) is 0 Å². The van der Waals surface area contributed by atoms with Crippen molar-refractivity contribution in [3.63, 3.8) is 0 Å². The van der Waals surface area contributed by atoms with Gasteiger partial charge in [-0.1, -0.05) is 34.6 Å². The Bertz CT molecular complexity index is 305. The van der Waals surface area contributed by atoms with Gasteiger partial charge in [-0.05, 0) is 67.9 Å². The predicted molar refractivity (Wildman–Crippen MR) is 87.6 cm³/mol. The summed E-state index contributed by atoms with van der Waals surface area (Å²) in [6, 6.07) is 0.752. The standard InChI is InChI=1S/C18H36N2/c1-13(2)15-8-9-20(12-15)17-10-16(18(3,4)5)7-6-14(17)11-19/h13-17H,6-12,19H2,1-5H3. The lowest BCUT2D eigenvalue weighted by atomic mass is 9.67. The van der Waals surface area contributed by atoms with E-state index in [2.05, 4.69) is 39.5 Å². The Morgan fingerprint density at radius 1 is 1.15 bits per heavy atom. The van der Waals surface area contributed by atoms with Crippen LogP contribution in [0.25, 0.3) is 0 Å². The molecule has 2 heteroatoms. The molecule has 0 aromatic rings. The van der Waals surface area contributed by atoms with E-state index in [0.717, 1.165) is 36.3 Å². The molecule has 0 aromatic heterocycles. The summed E-state index contributed by atoms with van der Waals surface area (Å²) in [5.74, 6) is 3.34. The van der Waals surface area contributed by atoms with Gasteiger partial charge in [-0.3, -0.25) is 4.90 Å². The Hall–Kier alpha value is -0.0800. The molecule has 2 rings (SSSR count). The topological polar surface area (TPSA) is 29.3 Å². The Morgan fingerprint density at radius 3 is 2.35 bits per heavy atom. The molecule has 0 radical (unpaired) electrons. The fourth-order valence-corrected chi connectivity index (χ4v) is 4.38. The fourth-order valence-electron chi connectivity index (χ4n) is 4.38. The van der Waals surface area contributed by atoms with Crippen LogP contribution < -0.4 is 5.73 Å². The molecular formula is C18H36N2. The van der Waals surface area contributed by atoms with Gasteiger partial charge in [-0.25, -0.2) is 0 Å². The average Bonchev–Trinajstić information content (AvgIpc) is 2.86. The van der Waals surface area contributed by atoms with Crippen molar-refractivity contribution in [1.29, 1.82) is 0 Å². The summed E-state index contributed by atoms with van der Waals surface area (Å²) in [5.41, 5.74) is 6.54. The van der Waals surface area contributed by atoms with Crippen LogP contribution in [0.4, 0.5) is 0 Å². The first-order valence-corrected chi connectivity index (χ1v) is 8.77.